The van der Waals surface area contributed by atoms with Crippen molar-refractivity contribution in [2.45, 2.75) is 59.2 Å². The Hall–Kier alpha value is -0.520. The van der Waals surface area contributed by atoms with Gasteiger partial charge in [-0.25, -0.2) is 0 Å². The monoisotopic (exact) mass is 456 g/mol. The first-order valence-electron chi connectivity index (χ1n) is 11.2. The number of hydrogen-bond donors (Lipinski definition) is 1. The molecule has 2 saturated carbocycles. The van der Waals surface area contributed by atoms with E-state index in [1.807, 2.05) is 6.07 Å². The largest absolute Gasteiger partial charge is 0.389 e. The van der Waals surface area contributed by atoms with Crippen LogP contribution in [0.2, 0.25) is 5.02 Å². The van der Waals surface area contributed by atoms with Gasteiger partial charge in [0.05, 0.1) is 18.8 Å². The van der Waals surface area contributed by atoms with Crippen molar-refractivity contribution in [3.63, 3.8) is 0 Å². The van der Waals surface area contributed by atoms with E-state index in [0.29, 0.717) is 18.6 Å². The van der Waals surface area contributed by atoms with Gasteiger partial charge in [-0.05, 0) is 60.6 Å². The van der Waals surface area contributed by atoms with Crippen LogP contribution in [0.1, 0.15) is 45.6 Å². The maximum atomic E-state index is 10.7. The van der Waals surface area contributed by atoms with Gasteiger partial charge in [0.25, 0.3) is 0 Å². The van der Waals surface area contributed by atoms with Crippen LogP contribution < -0.4 is 4.90 Å². The van der Waals surface area contributed by atoms with Crippen LogP contribution in [-0.2, 0) is 4.74 Å². The van der Waals surface area contributed by atoms with E-state index in [-0.39, 0.29) is 23.9 Å². The Morgan fingerprint density at radius 1 is 1.20 bits per heavy atom. The van der Waals surface area contributed by atoms with Crippen molar-refractivity contribution in [2.24, 2.45) is 16.7 Å². The van der Waals surface area contributed by atoms with Gasteiger partial charge in [0, 0.05) is 43.4 Å². The fourth-order valence-corrected chi connectivity index (χ4v) is 6.49. The second kappa shape index (κ2) is 9.15. The lowest BCUT2D eigenvalue weighted by Crippen LogP contribution is -2.50. The Kier molecular flexibility index (Phi) is 7.36. The van der Waals surface area contributed by atoms with E-state index >= 15 is 0 Å². The quantitative estimate of drug-likeness (QED) is 0.667. The minimum atomic E-state index is -0.423. The van der Waals surface area contributed by atoms with Crippen molar-refractivity contribution in [3.05, 3.63) is 28.8 Å². The van der Waals surface area contributed by atoms with E-state index in [4.69, 9.17) is 16.3 Å². The number of nitrogens with zero attached hydrogens (tertiary/aromatic N) is 2. The van der Waals surface area contributed by atoms with Crippen LogP contribution in [-0.4, -0.2) is 61.5 Å². The molecule has 0 radical (unpaired) electrons. The number of fused-ring (bicyclic) bond motifs is 2. The lowest BCUT2D eigenvalue weighted by molar-refractivity contribution is -0.113. The lowest BCUT2D eigenvalue weighted by atomic mass is 9.70. The molecular formula is C24H38Cl2N2O2. The molecule has 0 aromatic heterocycles. The molecule has 1 heterocycles. The van der Waals surface area contributed by atoms with Crippen LogP contribution in [0, 0.1) is 23.7 Å². The van der Waals surface area contributed by atoms with Gasteiger partial charge in [0.15, 0.2) is 0 Å². The minimum Gasteiger partial charge on any atom is -0.389 e. The number of benzene rings is 1. The van der Waals surface area contributed by atoms with Crippen molar-refractivity contribution in [3.8, 4) is 0 Å². The third-order valence-electron chi connectivity index (χ3n) is 7.95. The molecule has 170 valence electrons. The molecule has 3 aliphatic rings. The molecule has 1 aromatic rings. The summed E-state index contributed by atoms with van der Waals surface area (Å²) >= 11 is 6.19. The van der Waals surface area contributed by atoms with Gasteiger partial charge in [0.1, 0.15) is 0 Å². The molecule has 4 nitrogen and oxygen atoms in total. The molecule has 1 aliphatic heterocycles. The highest BCUT2D eigenvalue weighted by Gasteiger charge is 2.60. The van der Waals surface area contributed by atoms with Crippen molar-refractivity contribution in [1.29, 1.82) is 0 Å². The molecule has 6 heteroatoms. The normalized spacial score (nSPS) is 31.6. The highest BCUT2D eigenvalue weighted by Crippen LogP contribution is 2.63. The summed E-state index contributed by atoms with van der Waals surface area (Å²) in [6.07, 6.45) is 3.74. The summed E-state index contributed by atoms with van der Waals surface area (Å²) < 4.78 is 6.38. The van der Waals surface area contributed by atoms with Crippen LogP contribution in [0.4, 0.5) is 5.69 Å². The molecule has 3 fully saturated rings. The van der Waals surface area contributed by atoms with E-state index < -0.39 is 6.10 Å². The van der Waals surface area contributed by atoms with Crippen LogP contribution >= 0.6 is 24.0 Å². The number of β-amino-alcohol motifs (C(OH)–C–C–N with tert-alkyl or cyclic N) is 1. The van der Waals surface area contributed by atoms with Crippen molar-refractivity contribution >= 4 is 29.7 Å². The van der Waals surface area contributed by atoms with Crippen molar-refractivity contribution in [1.82, 2.24) is 4.90 Å². The summed E-state index contributed by atoms with van der Waals surface area (Å²) in [4.78, 5) is 4.76. The Labute approximate surface area is 193 Å². The number of halogens is 2. The molecule has 4 atom stereocenters. The molecule has 2 bridgehead atoms. The zero-order valence-electron chi connectivity index (χ0n) is 18.9. The van der Waals surface area contributed by atoms with Crippen LogP contribution in [0.3, 0.4) is 0 Å². The average Bonchev–Trinajstić information content (AvgIpc) is 3.15. The number of rotatable bonds is 6. The molecule has 1 N–H and O–H groups in total. The average molecular weight is 457 g/mol. The lowest BCUT2D eigenvalue weighted by Gasteiger charge is -2.43. The molecule has 2 aliphatic carbocycles. The smallest absolute Gasteiger partial charge is 0.0900 e. The third kappa shape index (κ3) is 4.63. The van der Waals surface area contributed by atoms with Gasteiger partial charge in [-0.1, -0.05) is 38.4 Å². The highest BCUT2D eigenvalue weighted by molar-refractivity contribution is 6.30. The third-order valence-corrected chi connectivity index (χ3v) is 8.18. The first-order chi connectivity index (χ1) is 13.7. The number of piperazine rings is 1. The maximum absolute atomic E-state index is 10.7. The van der Waals surface area contributed by atoms with Gasteiger partial charge in [-0.15, -0.1) is 12.4 Å². The number of ether oxygens (including phenoxy) is 1. The predicted molar refractivity (Wildman–Crippen MR) is 127 cm³/mol. The first-order valence-corrected chi connectivity index (χ1v) is 11.6. The zero-order chi connectivity index (χ0) is 20.8. The molecule has 0 spiro atoms. The molecule has 1 saturated heterocycles. The Morgan fingerprint density at radius 3 is 2.53 bits per heavy atom. The second-order valence-corrected chi connectivity index (χ2v) is 10.9. The minimum absolute atomic E-state index is 0. The second-order valence-electron chi connectivity index (χ2n) is 10.5. The zero-order valence-corrected chi connectivity index (χ0v) is 20.4. The Balaban J connectivity index is 0.00000256. The van der Waals surface area contributed by atoms with E-state index in [0.717, 1.165) is 37.1 Å². The van der Waals surface area contributed by atoms with Gasteiger partial charge < -0.3 is 14.7 Å². The molecule has 4 unspecified atom stereocenters. The van der Waals surface area contributed by atoms with Gasteiger partial charge in [-0.2, -0.15) is 0 Å². The number of aryl methyl sites for hydroxylation is 1. The van der Waals surface area contributed by atoms with E-state index in [1.165, 1.54) is 30.5 Å². The molecule has 0 amide bonds. The van der Waals surface area contributed by atoms with E-state index in [9.17, 15) is 5.11 Å². The summed E-state index contributed by atoms with van der Waals surface area (Å²) in [5.41, 5.74) is 3.02. The van der Waals surface area contributed by atoms with Gasteiger partial charge >= 0.3 is 0 Å². The van der Waals surface area contributed by atoms with Gasteiger partial charge in [0.2, 0.25) is 0 Å². The highest BCUT2D eigenvalue weighted by atomic mass is 35.5. The summed E-state index contributed by atoms with van der Waals surface area (Å²) in [6, 6.07) is 6.10. The summed E-state index contributed by atoms with van der Waals surface area (Å²) in [5.74, 6) is 0.776. The molecular weight excluding hydrogens is 419 g/mol. The fourth-order valence-electron chi connectivity index (χ4n) is 6.32. The summed E-state index contributed by atoms with van der Waals surface area (Å²) in [6.45, 7) is 14.2. The number of aliphatic hydroxyl groups excluding tert-OH is 1. The maximum Gasteiger partial charge on any atom is 0.0900 e. The van der Waals surface area contributed by atoms with E-state index in [1.54, 1.807) is 0 Å². The Morgan fingerprint density at radius 2 is 1.90 bits per heavy atom. The number of hydrogen-bond acceptors (Lipinski definition) is 4. The van der Waals surface area contributed by atoms with Crippen LogP contribution in [0.5, 0.6) is 0 Å². The molecule has 30 heavy (non-hydrogen) atoms. The summed E-state index contributed by atoms with van der Waals surface area (Å²) in [7, 11) is 0. The number of aliphatic hydroxyl groups is 1. The SMILES string of the molecule is Cc1ccc(Cl)cc1N1CCN(CC(O)COC2C3(C)CCC(C3)C2(C)C)CC1.Cl. The van der Waals surface area contributed by atoms with E-state index in [2.05, 4.69) is 49.6 Å². The van der Waals surface area contributed by atoms with Crippen molar-refractivity contribution in [2.75, 3.05) is 44.2 Å². The van der Waals surface area contributed by atoms with Crippen LogP contribution in [0.15, 0.2) is 18.2 Å². The first kappa shape index (κ1) is 24.1. The fraction of sp³-hybridized carbons (Fsp3) is 0.750. The van der Waals surface area contributed by atoms with Crippen molar-refractivity contribution < 1.29 is 9.84 Å². The standard InChI is InChI=1S/C24H37ClN2O2.ClH/c1-17-5-6-19(25)13-21(17)27-11-9-26(10-12-27)15-20(28)16-29-22-23(2,3)18-7-8-24(22,4)14-18;/h5-6,13,18,20,22,28H,7-12,14-16H2,1-4H3;1H. The Bertz CT molecular complexity index is 731. The van der Waals surface area contributed by atoms with Gasteiger partial charge in [-0.3, -0.25) is 4.90 Å². The summed E-state index contributed by atoms with van der Waals surface area (Å²) in [5, 5.41) is 11.4. The topological polar surface area (TPSA) is 35.9 Å². The predicted octanol–water partition coefficient (Wildman–Crippen LogP) is 4.78. The van der Waals surface area contributed by atoms with Crippen LogP contribution in [0.25, 0.3) is 0 Å². The number of anilines is 1. The molecule has 1 aromatic carbocycles. The molecule has 4 rings (SSSR count).